The maximum absolute atomic E-state index is 13.0. The number of nitrogens with zero attached hydrogens (tertiary/aromatic N) is 3. The number of primary amides is 1. The number of fused-ring (bicyclic) bond motifs is 1. The van der Waals surface area contributed by atoms with Crippen molar-refractivity contribution >= 4 is 16.8 Å². The molecule has 0 fully saturated rings. The number of carbonyl (C=O) groups excluding carboxylic acids is 1. The number of benzene rings is 1. The van der Waals surface area contributed by atoms with E-state index in [0.717, 1.165) is 12.1 Å². The summed E-state index contributed by atoms with van der Waals surface area (Å²) < 4.78 is 40.2. The highest BCUT2D eigenvalue weighted by Crippen LogP contribution is 2.36. The quantitative estimate of drug-likeness (QED) is 0.774. The SMILES string of the molecule is NC(=O)Cn1cc(-c2cc(C(F)(F)F)cc3[nH]ncc23)cn1. The van der Waals surface area contributed by atoms with E-state index in [2.05, 4.69) is 15.3 Å². The molecule has 1 aromatic carbocycles. The lowest BCUT2D eigenvalue weighted by Crippen LogP contribution is -2.18. The van der Waals surface area contributed by atoms with Gasteiger partial charge in [-0.25, -0.2) is 0 Å². The number of hydrogen-bond donors (Lipinski definition) is 2. The molecule has 1 amide bonds. The van der Waals surface area contributed by atoms with E-state index in [-0.39, 0.29) is 12.1 Å². The highest BCUT2D eigenvalue weighted by Gasteiger charge is 2.31. The molecule has 0 saturated heterocycles. The number of aromatic amines is 1. The molecule has 3 aromatic rings. The number of rotatable bonds is 3. The van der Waals surface area contributed by atoms with Crippen molar-refractivity contribution in [3.63, 3.8) is 0 Å². The Kier molecular flexibility index (Phi) is 3.12. The van der Waals surface area contributed by atoms with E-state index in [1.807, 2.05) is 0 Å². The molecule has 0 radical (unpaired) electrons. The lowest BCUT2D eigenvalue weighted by atomic mass is 10.0. The third kappa shape index (κ3) is 2.52. The fraction of sp³-hybridized carbons (Fsp3) is 0.154. The second-order valence-corrected chi connectivity index (χ2v) is 4.75. The topological polar surface area (TPSA) is 89.6 Å². The predicted molar refractivity (Wildman–Crippen MR) is 71.5 cm³/mol. The molecule has 0 atom stereocenters. The maximum atomic E-state index is 13.0. The average molecular weight is 309 g/mol. The van der Waals surface area contributed by atoms with E-state index < -0.39 is 17.6 Å². The van der Waals surface area contributed by atoms with Crippen molar-refractivity contribution in [2.75, 3.05) is 0 Å². The van der Waals surface area contributed by atoms with Crippen LogP contribution in [0.25, 0.3) is 22.0 Å². The van der Waals surface area contributed by atoms with Crippen molar-refractivity contribution in [1.82, 2.24) is 20.0 Å². The summed E-state index contributed by atoms with van der Waals surface area (Å²) in [4.78, 5) is 10.9. The van der Waals surface area contributed by atoms with Gasteiger partial charge < -0.3 is 5.73 Å². The monoisotopic (exact) mass is 309 g/mol. The number of amides is 1. The summed E-state index contributed by atoms with van der Waals surface area (Å²) in [5, 5.41) is 10.8. The van der Waals surface area contributed by atoms with E-state index in [4.69, 9.17) is 5.73 Å². The maximum Gasteiger partial charge on any atom is 0.416 e. The van der Waals surface area contributed by atoms with Crippen LogP contribution in [0.4, 0.5) is 13.2 Å². The van der Waals surface area contributed by atoms with Crippen molar-refractivity contribution in [2.45, 2.75) is 12.7 Å². The largest absolute Gasteiger partial charge is 0.416 e. The van der Waals surface area contributed by atoms with Crippen LogP contribution in [0.15, 0.2) is 30.7 Å². The first-order chi connectivity index (χ1) is 10.3. The molecule has 3 N–H and O–H groups in total. The number of carbonyl (C=O) groups is 1. The Labute approximate surface area is 121 Å². The van der Waals surface area contributed by atoms with E-state index in [0.29, 0.717) is 16.5 Å². The van der Waals surface area contributed by atoms with Gasteiger partial charge in [-0.05, 0) is 17.7 Å². The van der Waals surface area contributed by atoms with Gasteiger partial charge in [0.15, 0.2) is 0 Å². The van der Waals surface area contributed by atoms with Gasteiger partial charge in [0.05, 0.1) is 23.5 Å². The van der Waals surface area contributed by atoms with Crippen LogP contribution in [0.2, 0.25) is 0 Å². The van der Waals surface area contributed by atoms with Gasteiger partial charge in [-0.3, -0.25) is 14.6 Å². The molecule has 2 heterocycles. The predicted octanol–water partition coefficient (Wildman–Crippen LogP) is 1.93. The summed E-state index contributed by atoms with van der Waals surface area (Å²) in [5.74, 6) is -0.591. The minimum Gasteiger partial charge on any atom is -0.368 e. The van der Waals surface area contributed by atoms with Crippen LogP contribution < -0.4 is 5.73 Å². The van der Waals surface area contributed by atoms with Crippen LogP contribution in [0.1, 0.15) is 5.56 Å². The molecule has 0 unspecified atom stereocenters. The molecule has 0 bridgehead atoms. The highest BCUT2D eigenvalue weighted by atomic mass is 19.4. The number of halogens is 3. The van der Waals surface area contributed by atoms with Gasteiger partial charge in [-0.15, -0.1) is 0 Å². The Morgan fingerprint density at radius 1 is 1.32 bits per heavy atom. The van der Waals surface area contributed by atoms with E-state index in [1.54, 1.807) is 0 Å². The fourth-order valence-electron chi connectivity index (χ4n) is 2.20. The van der Waals surface area contributed by atoms with Crippen molar-refractivity contribution in [2.24, 2.45) is 5.73 Å². The Balaban J connectivity index is 2.14. The Hall–Kier alpha value is -2.84. The van der Waals surface area contributed by atoms with E-state index in [9.17, 15) is 18.0 Å². The third-order valence-electron chi connectivity index (χ3n) is 3.15. The molecule has 2 aromatic heterocycles. The summed E-state index contributed by atoms with van der Waals surface area (Å²) in [5.41, 5.74) is 5.32. The van der Waals surface area contributed by atoms with Gasteiger partial charge in [0.25, 0.3) is 0 Å². The zero-order valence-corrected chi connectivity index (χ0v) is 11.1. The van der Waals surface area contributed by atoms with Gasteiger partial charge in [0.2, 0.25) is 5.91 Å². The Morgan fingerprint density at radius 3 is 2.77 bits per heavy atom. The number of aromatic nitrogens is 4. The summed E-state index contributed by atoms with van der Waals surface area (Å²) >= 11 is 0. The Bertz CT molecular complexity index is 849. The molecule has 114 valence electrons. The van der Waals surface area contributed by atoms with Crippen LogP contribution >= 0.6 is 0 Å². The molecule has 22 heavy (non-hydrogen) atoms. The number of nitrogens with one attached hydrogen (secondary N) is 1. The van der Waals surface area contributed by atoms with Gasteiger partial charge in [0, 0.05) is 17.1 Å². The zero-order valence-electron chi connectivity index (χ0n) is 11.1. The first kappa shape index (κ1) is 14.1. The third-order valence-corrected chi connectivity index (χ3v) is 3.15. The van der Waals surface area contributed by atoms with Crippen molar-refractivity contribution < 1.29 is 18.0 Å². The lowest BCUT2D eigenvalue weighted by Gasteiger charge is -2.09. The summed E-state index contributed by atoms with van der Waals surface area (Å²) in [6.07, 6.45) is -0.189. The first-order valence-corrected chi connectivity index (χ1v) is 6.20. The second kappa shape index (κ2) is 4.86. The van der Waals surface area contributed by atoms with Crippen LogP contribution in [-0.4, -0.2) is 25.9 Å². The minimum absolute atomic E-state index is 0.145. The number of nitrogens with two attached hydrogens (primary N) is 1. The van der Waals surface area contributed by atoms with Gasteiger partial charge in [-0.1, -0.05) is 0 Å². The highest BCUT2D eigenvalue weighted by molar-refractivity contribution is 5.94. The van der Waals surface area contributed by atoms with Crippen LogP contribution in [0.3, 0.4) is 0 Å². The molecule has 6 nitrogen and oxygen atoms in total. The summed E-state index contributed by atoms with van der Waals surface area (Å²) in [6, 6.07) is 2.03. The smallest absolute Gasteiger partial charge is 0.368 e. The van der Waals surface area contributed by atoms with Crippen molar-refractivity contribution in [3.05, 3.63) is 36.3 Å². The number of H-pyrrole nitrogens is 1. The number of hydrogen-bond acceptors (Lipinski definition) is 3. The van der Waals surface area contributed by atoms with Crippen molar-refractivity contribution in [3.8, 4) is 11.1 Å². The molecular formula is C13H10F3N5O. The zero-order chi connectivity index (χ0) is 15.9. The van der Waals surface area contributed by atoms with Gasteiger partial charge >= 0.3 is 6.18 Å². The molecule has 0 spiro atoms. The molecule has 0 aliphatic carbocycles. The van der Waals surface area contributed by atoms with Crippen LogP contribution in [-0.2, 0) is 17.5 Å². The van der Waals surface area contributed by atoms with E-state index in [1.165, 1.54) is 23.3 Å². The molecule has 0 saturated carbocycles. The van der Waals surface area contributed by atoms with E-state index >= 15 is 0 Å². The normalized spacial score (nSPS) is 12.0. The lowest BCUT2D eigenvalue weighted by molar-refractivity contribution is -0.137. The van der Waals surface area contributed by atoms with Crippen molar-refractivity contribution in [1.29, 1.82) is 0 Å². The molecule has 0 aliphatic heterocycles. The first-order valence-electron chi connectivity index (χ1n) is 6.20. The standard InChI is InChI=1S/C13H10F3N5O/c14-13(15,16)8-1-9(10-4-18-20-11(10)2-8)7-3-19-21(5-7)6-12(17)22/h1-5H,6H2,(H2,17,22)(H,18,20). The second-order valence-electron chi connectivity index (χ2n) is 4.75. The minimum atomic E-state index is -4.47. The fourth-order valence-corrected chi connectivity index (χ4v) is 2.20. The van der Waals surface area contributed by atoms with Gasteiger partial charge in [-0.2, -0.15) is 23.4 Å². The molecule has 3 rings (SSSR count). The molecule has 9 heteroatoms. The van der Waals surface area contributed by atoms with Crippen LogP contribution in [0, 0.1) is 0 Å². The average Bonchev–Trinajstić information content (AvgIpc) is 3.03. The van der Waals surface area contributed by atoms with Crippen LogP contribution in [0.5, 0.6) is 0 Å². The summed E-state index contributed by atoms with van der Waals surface area (Å²) in [7, 11) is 0. The summed E-state index contributed by atoms with van der Waals surface area (Å²) in [6.45, 7) is -0.145. The number of alkyl halides is 3. The Morgan fingerprint density at radius 2 is 2.09 bits per heavy atom. The van der Waals surface area contributed by atoms with Gasteiger partial charge in [0.1, 0.15) is 6.54 Å². The molecular weight excluding hydrogens is 299 g/mol. The molecule has 0 aliphatic rings.